The van der Waals surface area contributed by atoms with Gasteiger partial charge >= 0.3 is 0 Å². The van der Waals surface area contributed by atoms with Crippen LogP contribution in [0, 0.1) is 11.3 Å². The molecule has 0 aromatic rings. The van der Waals surface area contributed by atoms with Gasteiger partial charge in [0, 0.05) is 28.2 Å². The minimum Gasteiger partial charge on any atom is -0.259 e. The van der Waals surface area contributed by atoms with E-state index in [4.69, 9.17) is 5.26 Å². The van der Waals surface area contributed by atoms with E-state index in [0.717, 1.165) is 12.8 Å². The molecule has 0 aliphatic rings. The summed E-state index contributed by atoms with van der Waals surface area (Å²) < 4.78 is 11.3. The number of nitriles is 1. The summed E-state index contributed by atoms with van der Waals surface area (Å²) in [5.41, 5.74) is 0. The van der Waals surface area contributed by atoms with Gasteiger partial charge in [0.2, 0.25) is 0 Å². The second-order valence-corrected chi connectivity index (χ2v) is 4.54. The number of hydrogen-bond acceptors (Lipinski definition) is 2. The predicted molar refractivity (Wildman–Crippen MR) is 47.6 cm³/mol. The van der Waals surface area contributed by atoms with Crippen LogP contribution in [0.3, 0.4) is 0 Å². The fourth-order valence-corrected chi connectivity index (χ4v) is 1.88. The molecule has 0 aromatic carbocycles. The van der Waals surface area contributed by atoms with E-state index in [1.165, 1.54) is 0 Å². The van der Waals surface area contributed by atoms with Crippen molar-refractivity contribution < 1.29 is 4.21 Å². The first-order valence-electron chi connectivity index (χ1n) is 3.96. The molecule has 2 atom stereocenters. The summed E-state index contributed by atoms with van der Waals surface area (Å²) in [5.74, 6) is 0.683. The van der Waals surface area contributed by atoms with E-state index in [1.54, 1.807) is 0 Å². The Labute approximate surface area is 71.1 Å². The van der Waals surface area contributed by atoms with Crippen LogP contribution in [0.2, 0.25) is 0 Å². The summed E-state index contributed by atoms with van der Waals surface area (Å²) in [6.07, 6.45) is 2.26. The Morgan fingerprint density at radius 2 is 2.27 bits per heavy atom. The van der Waals surface area contributed by atoms with Crippen LogP contribution in [0.4, 0.5) is 0 Å². The Morgan fingerprint density at radius 1 is 1.64 bits per heavy atom. The molecule has 2 unspecified atom stereocenters. The molecular weight excluding hydrogens is 158 g/mol. The summed E-state index contributed by atoms with van der Waals surface area (Å²) >= 11 is 0. The summed E-state index contributed by atoms with van der Waals surface area (Å²) in [5, 5.41) is 8.51. The van der Waals surface area contributed by atoms with Crippen molar-refractivity contribution in [3.63, 3.8) is 0 Å². The fraction of sp³-hybridized carbons (Fsp3) is 0.875. The van der Waals surface area contributed by atoms with Crippen molar-refractivity contribution in [2.24, 2.45) is 0 Å². The number of unbranched alkanes of at least 4 members (excludes halogenated alkanes) is 1. The van der Waals surface area contributed by atoms with Gasteiger partial charge in [0.15, 0.2) is 0 Å². The summed E-state index contributed by atoms with van der Waals surface area (Å²) in [7, 11) is -0.717. The number of nitrogens with zero attached hydrogens (tertiary/aromatic N) is 1. The third-order valence-electron chi connectivity index (χ3n) is 1.66. The van der Waals surface area contributed by atoms with Crippen LogP contribution in [0.1, 0.15) is 33.1 Å². The molecule has 0 aliphatic heterocycles. The molecule has 0 rings (SSSR count). The van der Waals surface area contributed by atoms with Gasteiger partial charge in [-0.3, -0.25) is 4.21 Å². The Morgan fingerprint density at radius 3 is 2.73 bits per heavy atom. The van der Waals surface area contributed by atoms with E-state index in [0.29, 0.717) is 12.2 Å². The first kappa shape index (κ1) is 10.6. The highest BCUT2D eigenvalue weighted by Gasteiger charge is 2.06. The predicted octanol–water partition coefficient (Wildman–Crippen LogP) is 1.84. The van der Waals surface area contributed by atoms with E-state index in [-0.39, 0.29) is 5.25 Å². The minimum absolute atomic E-state index is 0.286. The summed E-state index contributed by atoms with van der Waals surface area (Å²) in [4.78, 5) is 0. The molecule has 0 bridgehead atoms. The summed E-state index contributed by atoms with van der Waals surface area (Å²) in [6.45, 7) is 4.02. The van der Waals surface area contributed by atoms with E-state index >= 15 is 0 Å². The average molecular weight is 173 g/mol. The smallest absolute Gasteiger partial charge is 0.0622 e. The molecule has 2 nitrogen and oxygen atoms in total. The number of rotatable bonds is 5. The Balaban J connectivity index is 3.46. The van der Waals surface area contributed by atoms with Crippen molar-refractivity contribution in [1.82, 2.24) is 0 Å². The second-order valence-electron chi connectivity index (χ2n) is 2.57. The molecule has 0 heterocycles. The van der Waals surface area contributed by atoms with Crippen LogP contribution in [0.15, 0.2) is 0 Å². The molecule has 0 aromatic heterocycles. The van der Waals surface area contributed by atoms with Crippen LogP contribution in [0.25, 0.3) is 0 Å². The lowest BCUT2D eigenvalue weighted by Gasteiger charge is -2.06. The molecule has 0 saturated carbocycles. The van der Waals surface area contributed by atoms with Gasteiger partial charge in [-0.15, -0.1) is 0 Å². The first-order valence-corrected chi connectivity index (χ1v) is 5.34. The second kappa shape index (κ2) is 6.36. The van der Waals surface area contributed by atoms with Gasteiger partial charge in [-0.2, -0.15) is 5.26 Å². The lowest BCUT2D eigenvalue weighted by Crippen LogP contribution is -2.12. The van der Waals surface area contributed by atoms with Gasteiger partial charge in [-0.1, -0.05) is 13.8 Å². The lowest BCUT2D eigenvalue weighted by atomic mass is 10.4. The maximum atomic E-state index is 11.3. The Kier molecular flexibility index (Phi) is 6.15. The zero-order valence-corrected chi connectivity index (χ0v) is 7.99. The van der Waals surface area contributed by atoms with Crippen molar-refractivity contribution >= 4 is 10.8 Å². The number of hydrogen-bond donors (Lipinski definition) is 0. The van der Waals surface area contributed by atoms with Gasteiger partial charge in [0.05, 0.1) is 6.07 Å². The molecule has 0 fully saturated rings. The van der Waals surface area contributed by atoms with E-state index in [2.05, 4.69) is 0 Å². The topological polar surface area (TPSA) is 40.9 Å². The van der Waals surface area contributed by atoms with Crippen LogP contribution in [0.5, 0.6) is 0 Å². The van der Waals surface area contributed by atoms with Crippen LogP contribution >= 0.6 is 0 Å². The molecule has 0 saturated heterocycles. The van der Waals surface area contributed by atoms with Gasteiger partial charge < -0.3 is 0 Å². The standard InChI is InChI=1S/C8H15NOS/c1-3-8(2)11(10)7-5-4-6-9/h8H,3-5,7H2,1-2H3. The van der Waals surface area contributed by atoms with Crippen molar-refractivity contribution in [1.29, 1.82) is 5.26 Å². The van der Waals surface area contributed by atoms with E-state index in [1.807, 2.05) is 19.9 Å². The molecular formula is C8H15NOS. The van der Waals surface area contributed by atoms with Crippen molar-refractivity contribution in [3.8, 4) is 6.07 Å². The van der Waals surface area contributed by atoms with Crippen molar-refractivity contribution in [3.05, 3.63) is 0 Å². The van der Waals surface area contributed by atoms with E-state index < -0.39 is 10.8 Å². The van der Waals surface area contributed by atoms with Crippen LogP contribution in [-0.4, -0.2) is 15.2 Å². The third-order valence-corrected chi connectivity index (χ3v) is 3.58. The molecule has 11 heavy (non-hydrogen) atoms. The quantitative estimate of drug-likeness (QED) is 0.595. The highest BCUT2D eigenvalue weighted by Crippen LogP contribution is 2.02. The van der Waals surface area contributed by atoms with Gasteiger partial charge in [0.25, 0.3) is 0 Å². The maximum Gasteiger partial charge on any atom is 0.0622 e. The van der Waals surface area contributed by atoms with Gasteiger partial charge in [-0.25, -0.2) is 0 Å². The minimum atomic E-state index is -0.717. The highest BCUT2D eigenvalue weighted by molar-refractivity contribution is 7.85. The maximum absolute atomic E-state index is 11.3. The molecule has 64 valence electrons. The Hall–Kier alpha value is -0.360. The van der Waals surface area contributed by atoms with Crippen LogP contribution < -0.4 is 0 Å². The van der Waals surface area contributed by atoms with Gasteiger partial charge in [0.1, 0.15) is 0 Å². The van der Waals surface area contributed by atoms with Gasteiger partial charge in [-0.05, 0) is 12.8 Å². The van der Waals surface area contributed by atoms with Crippen molar-refractivity contribution in [2.75, 3.05) is 5.75 Å². The molecule has 0 radical (unpaired) electrons. The molecule has 0 amide bonds. The third kappa shape index (κ3) is 4.97. The molecule has 0 spiro atoms. The highest BCUT2D eigenvalue weighted by atomic mass is 32.2. The molecule has 0 N–H and O–H groups in total. The Bertz CT molecular complexity index is 162. The first-order chi connectivity index (χ1) is 5.22. The normalized spacial score (nSPS) is 15.4. The van der Waals surface area contributed by atoms with E-state index in [9.17, 15) is 4.21 Å². The molecule has 0 aliphatic carbocycles. The van der Waals surface area contributed by atoms with Crippen molar-refractivity contribution in [2.45, 2.75) is 38.4 Å². The monoisotopic (exact) mass is 173 g/mol. The fourth-order valence-electron chi connectivity index (χ4n) is 0.681. The summed E-state index contributed by atoms with van der Waals surface area (Å²) in [6, 6.07) is 2.05. The zero-order valence-electron chi connectivity index (χ0n) is 7.17. The molecule has 3 heteroatoms. The lowest BCUT2D eigenvalue weighted by molar-refractivity contribution is 0.668. The SMILES string of the molecule is CCC(C)S(=O)CCCC#N. The zero-order chi connectivity index (χ0) is 8.69. The largest absolute Gasteiger partial charge is 0.259 e. The average Bonchev–Trinajstić information content (AvgIpc) is 2.03. The van der Waals surface area contributed by atoms with Crippen LogP contribution in [-0.2, 0) is 10.8 Å².